The summed E-state index contributed by atoms with van der Waals surface area (Å²) in [5, 5.41) is 16.5. The lowest BCUT2D eigenvalue weighted by molar-refractivity contribution is 0.105. The Kier molecular flexibility index (Phi) is 7.71. The van der Waals surface area contributed by atoms with Gasteiger partial charge in [-0.05, 0) is 55.0 Å². The van der Waals surface area contributed by atoms with Gasteiger partial charge in [0.2, 0.25) is 5.88 Å². The lowest BCUT2D eigenvalue weighted by Crippen LogP contribution is -2.35. The van der Waals surface area contributed by atoms with Gasteiger partial charge in [0.05, 0.1) is 11.7 Å². The Morgan fingerprint density at radius 1 is 1.00 bits per heavy atom. The molecule has 1 saturated carbocycles. The van der Waals surface area contributed by atoms with Crippen molar-refractivity contribution in [2.75, 3.05) is 13.1 Å². The normalized spacial score (nSPS) is 14.2. The van der Waals surface area contributed by atoms with E-state index in [-0.39, 0.29) is 0 Å². The summed E-state index contributed by atoms with van der Waals surface area (Å²) in [6.07, 6.45) is 2.67. The number of benzene rings is 3. The minimum absolute atomic E-state index is 0.455. The second-order valence-corrected chi connectivity index (χ2v) is 10.1. The molecular formula is C30H32ClN3O2. The Bertz CT molecular complexity index is 1250. The number of aromatic nitrogens is 2. The molecule has 36 heavy (non-hydrogen) atoms. The Morgan fingerprint density at radius 2 is 1.67 bits per heavy atom. The van der Waals surface area contributed by atoms with E-state index in [2.05, 4.69) is 29.2 Å². The van der Waals surface area contributed by atoms with Gasteiger partial charge in [-0.3, -0.25) is 4.90 Å². The van der Waals surface area contributed by atoms with Crippen LogP contribution in [0.4, 0.5) is 0 Å². The van der Waals surface area contributed by atoms with Crippen molar-refractivity contribution in [3.05, 3.63) is 101 Å². The van der Waals surface area contributed by atoms with Crippen molar-refractivity contribution in [2.24, 2.45) is 13.0 Å². The molecule has 0 amide bonds. The van der Waals surface area contributed by atoms with Crippen molar-refractivity contribution in [2.45, 2.75) is 31.9 Å². The molecule has 1 heterocycles. The van der Waals surface area contributed by atoms with E-state index in [1.54, 1.807) is 0 Å². The lowest BCUT2D eigenvalue weighted by atomic mass is 10.1. The summed E-state index contributed by atoms with van der Waals surface area (Å²) in [6, 6.07) is 27.8. The number of rotatable bonds is 11. The topological polar surface area (TPSA) is 50.5 Å². The van der Waals surface area contributed by atoms with E-state index >= 15 is 0 Å². The SMILES string of the molecule is Cn1nc(-c2ccccc2)c(CN(CC(O)Cc2ccccc2)CC2CC2)c1Oc1ccc(Cl)cc1. The smallest absolute Gasteiger partial charge is 0.222 e. The fraction of sp³-hybridized carbons (Fsp3) is 0.300. The molecule has 1 fully saturated rings. The summed E-state index contributed by atoms with van der Waals surface area (Å²) < 4.78 is 8.18. The zero-order valence-electron chi connectivity index (χ0n) is 20.6. The van der Waals surface area contributed by atoms with Crippen LogP contribution in [0.5, 0.6) is 11.6 Å². The maximum atomic E-state index is 11.0. The van der Waals surface area contributed by atoms with Crippen LogP contribution in [0.15, 0.2) is 84.9 Å². The first-order valence-corrected chi connectivity index (χ1v) is 12.9. The molecule has 5 rings (SSSR count). The second kappa shape index (κ2) is 11.3. The van der Waals surface area contributed by atoms with Gasteiger partial charge in [0.25, 0.3) is 0 Å². The summed E-state index contributed by atoms with van der Waals surface area (Å²) >= 11 is 6.09. The number of aliphatic hydroxyl groups excluding tert-OH is 1. The van der Waals surface area contributed by atoms with E-state index < -0.39 is 6.10 Å². The predicted octanol–water partition coefficient (Wildman–Crippen LogP) is 6.35. The molecule has 0 saturated heterocycles. The molecule has 3 aromatic carbocycles. The molecule has 6 heteroatoms. The molecule has 4 aromatic rings. The van der Waals surface area contributed by atoms with Crippen molar-refractivity contribution in [1.29, 1.82) is 0 Å². The van der Waals surface area contributed by atoms with E-state index in [1.807, 2.05) is 72.4 Å². The van der Waals surface area contributed by atoms with Gasteiger partial charge in [0.15, 0.2) is 0 Å². The van der Waals surface area contributed by atoms with Gasteiger partial charge in [-0.2, -0.15) is 5.10 Å². The Hall–Kier alpha value is -3.12. The first-order chi connectivity index (χ1) is 17.5. The summed E-state index contributed by atoms with van der Waals surface area (Å²) in [5.41, 5.74) is 4.12. The predicted molar refractivity (Wildman–Crippen MR) is 144 cm³/mol. The molecule has 1 unspecified atom stereocenters. The van der Waals surface area contributed by atoms with E-state index in [4.69, 9.17) is 21.4 Å². The van der Waals surface area contributed by atoms with Crippen molar-refractivity contribution in [3.63, 3.8) is 0 Å². The van der Waals surface area contributed by atoms with Crippen molar-refractivity contribution >= 4 is 11.6 Å². The summed E-state index contributed by atoms with van der Waals surface area (Å²) in [7, 11) is 1.91. The van der Waals surface area contributed by atoms with Gasteiger partial charge in [-0.15, -0.1) is 0 Å². The lowest BCUT2D eigenvalue weighted by Gasteiger charge is -2.26. The van der Waals surface area contributed by atoms with E-state index in [1.165, 1.54) is 12.8 Å². The minimum atomic E-state index is -0.455. The number of halogens is 1. The van der Waals surface area contributed by atoms with E-state index in [0.29, 0.717) is 42.1 Å². The molecule has 186 valence electrons. The third-order valence-electron chi connectivity index (χ3n) is 6.54. The molecule has 0 bridgehead atoms. The fourth-order valence-corrected chi connectivity index (χ4v) is 4.73. The molecule has 0 radical (unpaired) electrons. The maximum absolute atomic E-state index is 11.0. The first kappa shape index (κ1) is 24.6. The number of hydrogen-bond acceptors (Lipinski definition) is 4. The number of aliphatic hydroxyl groups is 1. The third kappa shape index (κ3) is 6.35. The molecule has 0 spiro atoms. The van der Waals surface area contributed by atoms with Gasteiger partial charge in [0, 0.05) is 37.3 Å². The molecule has 5 nitrogen and oxygen atoms in total. The monoisotopic (exact) mass is 501 g/mol. The quantitative estimate of drug-likeness (QED) is 0.260. The van der Waals surface area contributed by atoms with E-state index in [9.17, 15) is 5.11 Å². The largest absolute Gasteiger partial charge is 0.439 e. The van der Waals surface area contributed by atoms with Crippen LogP contribution in [0, 0.1) is 5.92 Å². The second-order valence-electron chi connectivity index (χ2n) is 9.66. The molecule has 0 aliphatic heterocycles. The van der Waals surface area contributed by atoms with Gasteiger partial charge < -0.3 is 9.84 Å². The number of aryl methyl sites for hydroxylation is 1. The fourth-order valence-electron chi connectivity index (χ4n) is 4.61. The highest BCUT2D eigenvalue weighted by Gasteiger charge is 2.28. The maximum Gasteiger partial charge on any atom is 0.222 e. The molecule has 1 aliphatic carbocycles. The van der Waals surface area contributed by atoms with Crippen LogP contribution < -0.4 is 4.74 Å². The van der Waals surface area contributed by atoms with Crippen LogP contribution in [-0.2, 0) is 20.0 Å². The van der Waals surface area contributed by atoms with Crippen LogP contribution in [0.25, 0.3) is 11.3 Å². The van der Waals surface area contributed by atoms with Crippen LogP contribution in [-0.4, -0.2) is 39.0 Å². The van der Waals surface area contributed by atoms with Crippen molar-refractivity contribution in [3.8, 4) is 22.9 Å². The zero-order valence-corrected chi connectivity index (χ0v) is 21.3. The Labute approximate surface area is 217 Å². The van der Waals surface area contributed by atoms with Crippen molar-refractivity contribution < 1.29 is 9.84 Å². The van der Waals surface area contributed by atoms with Gasteiger partial charge in [0.1, 0.15) is 11.4 Å². The number of nitrogens with zero attached hydrogens (tertiary/aromatic N) is 3. The van der Waals surface area contributed by atoms with Crippen LogP contribution in [0.1, 0.15) is 24.0 Å². The average molecular weight is 502 g/mol. The molecule has 1 N–H and O–H groups in total. The van der Waals surface area contributed by atoms with Gasteiger partial charge in [-0.1, -0.05) is 72.3 Å². The first-order valence-electron chi connectivity index (χ1n) is 12.5. The summed E-state index contributed by atoms with van der Waals surface area (Å²) in [6.45, 7) is 2.19. The van der Waals surface area contributed by atoms with Gasteiger partial charge in [-0.25, -0.2) is 4.68 Å². The van der Waals surface area contributed by atoms with Crippen LogP contribution >= 0.6 is 11.6 Å². The highest BCUT2D eigenvalue weighted by atomic mass is 35.5. The molecule has 1 atom stereocenters. The highest BCUT2D eigenvalue weighted by Crippen LogP contribution is 2.36. The number of hydrogen-bond donors (Lipinski definition) is 1. The van der Waals surface area contributed by atoms with E-state index in [0.717, 1.165) is 28.9 Å². The Morgan fingerprint density at radius 3 is 2.33 bits per heavy atom. The number of ether oxygens (including phenoxy) is 1. The Balaban J connectivity index is 1.44. The molecule has 1 aliphatic rings. The average Bonchev–Trinajstić information content (AvgIpc) is 3.65. The zero-order chi connectivity index (χ0) is 24.9. The molecule has 1 aromatic heterocycles. The van der Waals surface area contributed by atoms with Crippen LogP contribution in [0.3, 0.4) is 0 Å². The summed E-state index contributed by atoms with van der Waals surface area (Å²) in [5.74, 6) is 2.10. The van der Waals surface area contributed by atoms with Crippen LogP contribution in [0.2, 0.25) is 5.02 Å². The molecular weight excluding hydrogens is 470 g/mol. The standard InChI is InChI=1S/C30H32ClN3O2/c1-33-30(36-27-16-14-25(31)15-17-27)28(29(32-33)24-10-6-3-7-11-24)21-34(19-23-12-13-23)20-26(35)18-22-8-4-2-5-9-22/h2-11,14-17,23,26,35H,12-13,18-21H2,1H3. The van der Waals surface area contributed by atoms with Crippen molar-refractivity contribution in [1.82, 2.24) is 14.7 Å². The minimum Gasteiger partial charge on any atom is -0.439 e. The highest BCUT2D eigenvalue weighted by molar-refractivity contribution is 6.30. The van der Waals surface area contributed by atoms with Gasteiger partial charge >= 0.3 is 0 Å². The summed E-state index contributed by atoms with van der Waals surface area (Å²) in [4.78, 5) is 2.36. The third-order valence-corrected chi connectivity index (χ3v) is 6.79.